The van der Waals surface area contributed by atoms with Crippen LogP contribution in [0.25, 0.3) is 6.08 Å². The lowest BCUT2D eigenvalue weighted by atomic mass is 9.77. The highest BCUT2D eigenvalue weighted by Crippen LogP contribution is 2.42. The molecule has 3 N–H and O–H groups in total. The second-order valence-electron chi connectivity index (χ2n) is 12.0. The first kappa shape index (κ1) is 36.2. The average molecular weight is 765 g/mol. The summed E-state index contributed by atoms with van der Waals surface area (Å²) in [6.07, 6.45) is 6.54. The molecular weight excluding hydrogens is 735 g/mol. The van der Waals surface area contributed by atoms with Gasteiger partial charge >= 0.3 is 12.6 Å². The number of thioether (sulfide) groups is 1. The van der Waals surface area contributed by atoms with E-state index in [4.69, 9.17) is 0 Å². The van der Waals surface area contributed by atoms with E-state index < -0.39 is 47.1 Å². The number of nitrogens with one attached hydrogen (secondary N) is 2. The number of nitrogens with zero attached hydrogens (tertiary/aromatic N) is 4. The molecule has 2 aromatic heterocycles. The monoisotopic (exact) mass is 764 g/mol. The lowest BCUT2D eigenvalue weighted by Crippen LogP contribution is -2.71. The molecule has 4 heterocycles. The van der Waals surface area contributed by atoms with Crippen molar-refractivity contribution in [2.75, 3.05) is 11.1 Å². The second-order valence-corrected chi connectivity index (χ2v) is 13.9. The Kier molecular flexibility index (Phi) is 10.6. The van der Waals surface area contributed by atoms with Gasteiger partial charge in [0.1, 0.15) is 28.3 Å². The Morgan fingerprint density at radius 3 is 2.13 bits per heavy atom. The SMILES string of the molecule is O=C(O)C1=C(/C=C\c2cccnc2)CS[C@@H]2[C@H](NC(=O)C(=NOC(F)F)c3csc(NC(c4ccccc4)(c4ccccc4)c4ccccc4)n3)C(=O)N12. The first-order valence-corrected chi connectivity index (χ1v) is 18.4. The normalized spacial score (nSPS) is 17.3. The van der Waals surface area contributed by atoms with Crippen molar-refractivity contribution in [3.63, 3.8) is 0 Å². The smallest absolute Gasteiger partial charge is 0.407 e. The third-order valence-electron chi connectivity index (χ3n) is 8.75. The molecular formula is C39H30F2N6O5S2. The molecule has 54 heavy (non-hydrogen) atoms. The van der Waals surface area contributed by atoms with E-state index in [1.807, 2.05) is 91.0 Å². The predicted octanol–water partition coefficient (Wildman–Crippen LogP) is 6.34. The number of rotatable bonds is 13. The van der Waals surface area contributed by atoms with Crippen molar-refractivity contribution in [3.05, 3.63) is 166 Å². The van der Waals surface area contributed by atoms with Crippen LogP contribution in [0.2, 0.25) is 0 Å². The number of alkyl halides is 2. The average Bonchev–Trinajstić information content (AvgIpc) is 3.66. The van der Waals surface area contributed by atoms with Crippen LogP contribution in [0.15, 0.2) is 143 Å². The quantitative estimate of drug-likeness (QED) is 0.0542. The van der Waals surface area contributed by atoms with Crippen LogP contribution in [0.5, 0.6) is 0 Å². The number of hydrogen-bond acceptors (Lipinski definition) is 10. The number of fused-ring (bicyclic) bond motifs is 1. The van der Waals surface area contributed by atoms with Crippen molar-refractivity contribution in [1.29, 1.82) is 0 Å². The number of aromatic nitrogens is 2. The highest BCUT2D eigenvalue weighted by atomic mass is 32.2. The van der Waals surface area contributed by atoms with Gasteiger partial charge in [-0.05, 0) is 33.9 Å². The molecule has 272 valence electrons. The number of carbonyl (C=O) groups excluding carboxylic acids is 2. The maximum atomic E-state index is 13.7. The fourth-order valence-electron chi connectivity index (χ4n) is 6.33. The predicted molar refractivity (Wildman–Crippen MR) is 202 cm³/mol. The van der Waals surface area contributed by atoms with Gasteiger partial charge in [0.2, 0.25) is 0 Å². The Balaban J connectivity index is 1.17. The number of amides is 2. The molecule has 0 bridgehead atoms. The molecule has 2 atom stereocenters. The third-order valence-corrected chi connectivity index (χ3v) is 10.8. The summed E-state index contributed by atoms with van der Waals surface area (Å²) in [6, 6.07) is 31.5. The summed E-state index contributed by atoms with van der Waals surface area (Å²) in [4.78, 5) is 53.5. The number of benzene rings is 3. The Morgan fingerprint density at radius 2 is 1.57 bits per heavy atom. The van der Waals surface area contributed by atoms with Gasteiger partial charge in [0, 0.05) is 23.5 Å². The van der Waals surface area contributed by atoms with Gasteiger partial charge in [0.05, 0.1) is 0 Å². The lowest BCUT2D eigenvalue weighted by Gasteiger charge is -2.49. The van der Waals surface area contributed by atoms with Crippen LogP contribution in [0.1, 0.15) is 27.9 Å². The van der Waals surface area contributed by atoms with E-state index in [1.165, 1.54) is 17.1 Å². The van der Waals surface area contributed by atoms with Crippen LogP contribution < -0.4 is 10.6 Å². The summed E-state index contributed by atoms with van der Waals surface area (Å²) in [5.74, 6) is -2.77. The highest BCUT2D eigenvalue weighted by molar-refractivity contribution is 8.00. The number of thiazole rings is 1. The minimum Gasteiger partial charge on any atom is -0.477 e. The zero-order chi connectivity index (χ0) is 37.7. The fraction of sp³-hybridized carbons (Fsp3) is 0.128. The maximum absolute atomic E-state index is 13.7. The number of oxime groups is 1. The number of allylic oxidation sites excluding steroid dienone is 1. The summed E-state index contributed by atoms with van der Waals surface area (Å²) in [6.45, 7) is -3.35. The van der Waals surface area contributed by atoms with Crippen molar-refractivity contribution < 1.29 is 33.1 Å². The second kappa shape index (κ2) is 15.8. The Bertz CT molecular complexity index is 2140. The number of carboxylic acids is 1. The molecule has 3 aromatic carbocycles. The summed E-state index contributed by atoms with van der Waals surface area (Å²) in [5.41, 5.74) is 1.94. The zero-order valence-electron chi connectivity index (χ0n) is 28.1. The Labute approximate surface area is 316 Å². The molecule has 0 unspecified atom stereocenters. The summed E-state index contributed by atoms with van der Waals surface area (Å²) in [7, 11) is 0. The number of halogens is 2. The summed E-state index contributed by atoms with van der Waals surface area (Å²) < 4.78 is 26.6. The van der Waals surface area contributed by atoms with Crippen LogP contribution in [-0.2, 0) is 24.8 Å². The molecule has 0 radical (unpaired) electrons. The number of β-lactam (4-membered cyclic amide) rings is 1. The van der Waals surface area contributed by atoms with Crippen LogP contribution in [0.4, 0.5) is 13.9 Å². The van der Waals surface area contributed by atoms with E-state index in [0.717, 1.165) is 38.5 Å². The largest absolute Gasteiger partial charge is 0.477 e. The lowest BCUT2D eigenvalue weighted by molar-refractivity contribution is -0.150. The number of carbonyl (C=O) groups is 3. The van der Waals surface area contributed by atoms with Crippen LogP contribution in [0, 0.1) is 0 Å². The molecule has 0 aliphatic carbocycles. The van der Waals surface area contributed by atoms with Crippen molar-refractivity contribution in [1.82, 2.24) is 20.2 Å². The third kappa shape index (κ3) is 7.23. The molecule has 11 nitrogen and oxygen atoms in total. The molecule has 1 fully saturated rings. The van der Waals surface area contributed by atoms with E-state index in [9.17, 15) is 28.3 Å². The molecule has 0 spiro atoms. The molecule has 2 aliphatic rings. The van der Waals surface area contributed by atoms with E-state index in [2.05, 4.69) is 30.6 Å². The van der Waals surface area contributed by atoms with Crippen molar-refractivity contribution in [2.24, 2.45) is 5.16 Å². The van der Waals surface area contributed by atoms with E-state index in [-0.39, 0.29) is 17.1 Å². The summed E-state index contributed by atoms with van der Waals surface area (Å²) in [5, 5.41) is 20.7. The number of pyridine rings is 1. The van der Waals surface area contributed by atoms with Gasteiger partial charge in [-0.25, -0.2) is 9.78 Å². The molecule has 1 saturated heterocycles. The van der Waals surface area contributed by atoms with Gasteiger partial charge in [-0.1, -0.05) is 114 Å². The first-order valence-electron chi connectivity index (χ1n) is 16.5. The topological polar surface area (TPSA) is 146 Å². The minimum atomic E-state index is -3.35. The van der Waals surface area contributed by atoms with Crippen molar-refractivity contribution in [3.8, 4) is 0 Å². The van der Waals surface area contributed by atoms with Gasteiger partial charge < -0.3 is 20.6 Å². The number of carboxylic acid groups (broad SMARTS) is 1. The Morgan fingerprint density at radius 1 is 0.944 bits per heavy atom. The minimum absolute atomic E-state index is 0.0855. The van der Waals surface area contributed by atoms with Crippen LogP contribution >= 0.6 is 23.1 Å². The number of hydrogen-bond donors (Lipinski definition) is 3. The molecule has 5 aromatic rings. The van der Waals surface area contributed by atoms with Gasteiger partial charge in [-0.2, -0.15) is 8.78 Å². The van der Waals surface area contributed by atoms with E-state index >= 15 is 0 Å². The van der Waals surface area contributed by atoms with E-state index in [1.54, 1.807) is 36.7 Å². The van der Waals surface area contributed by atoms with Crippen LogP contribution in [0.3, 0.4) is 0 Å². The fourth-order valence-corrected chi connectivity index (χ4v) is 8.40. The molecule has 15 heteroatoms. The highest BCUT2D eigenvalue weighted by Gasteiger charge is 2.54. The molecule has 0 saturated carbocycles. The van der Waals surface area contributed by atoms with Gasteiger partial charge in [-0.15, -0.1) is 23.1 Å². The van der Waals surface area contributed by atoms with Crippen molar-refractivity contribution in [2.45, 2.75) is 23.6 Å². The molecule has 7 rings (SSSR count). The standard InChI is InChI=1S/C39H30F2N6O5S2/c40-37(41)52-46-30(33(48)44-31-34(49)47-32(36(50)51)25(22-53-35(31)47)19-18-24-11-10-20-42-21-24)29-23-54-38(43-29)45-39(26-12-4-1-5-13-26,27-14-6-2-7-15-27)28-16-8-3-9-17-28/h1-21,23,31,35,37H,22H2,(H,43,45)(H,44,48)(H,50,51)/b19-18-,46-30?/t31-,35-/m1/s1. The van der Waals surface area contributed by atoms with E-state index in [0.29, 0.717) is 10.7 Å². The number of aliphatic carboxylic acids is 1. The van der Waals surface area contributed by atoms with Gasteiger partial charge in [0.25, 0.3) is 11.8 Å². The Hall–Kier alpha value is -6.19. The number of anilines is 1. The first-order chi connectivity index (χ1) is 26.3. The van der Waals surface area contributed by atoms with Gasteiger partial charge in [0.15, 0.2) is 10.8 Å². The molecule has 2 amide bonds. The van der Waals surface area contributed by atoms with Gasteiger partial charge in [-0.3, -0.25) is 19.5 Å². The summed E-state index contributed by atoms with van der Waals surface area (Å²) >= 11 is 2.37. The van der Waals surface area contributed by atoms with Crippen molar-refractivity contribution >= 4 is 57.8 Å². The maximum Gasteiger partial charge on any atom is 0.407 e. The zero-order valence-corrected chi connectivity index (χ0v) is 29.7. The molecule has 2 aliphatic heterocycles. The van der Waals surface area contributed by atoms with Crippen LogP contribution in [-0.4, -0.2) is 67.2 Å².